The van der Waals surface area contributed by atoms with Gasteiger partial charge in [-0.1, -0.05) is 12.1 Å². The van der Waals surface area contributed by atoms with Crippen molar-refractivity contribution >= 4 is 17.4 Å². The maximum Gasteiger partial charge on any atom is 0.270 e. The van der Waals surface area contributed by atoms with Gasteiger partial charge in [-0.05, 0) is 43.4 Å². The number of methoxy groups -OCH3 is 1. The van der Waals surface area contributed by atoms with Crippen molar-refractivity contribution in [3.8, 4) is 5.75 Å². The van der Waals surface area contributed by atoms with Gasteiger partial charge < -0.3 is 19.5 Å². The molecule has 2 aliphatic heterocycles. The van der Waals surface area contributed by atoms with Crippen LogP contribution in [0.5, 0.6) is 5.75 Å². The van der Waals surface area contributed by atoms with E-state index in [1.807, 2.05) is 17.0 Å². The van der Waals surface area contributed by atoms with Gasteiger partial charge in [0.1, 0.15) is 11.4 Å². The monoisotopic (exact) mass is 367 g/mol. The first-order valence-electron chi connectivity index (χ1n) is 9.59. The minimum Gasteiger partial charge on any atom is -0.495 e. The van der Waals surface area contributed by atoms with Crippen molar-refractivity contribution in [3.05, 3.63) is 47.3 Å². The van der Waals surface area contributed by atoms with Crippen molar-refractivity contribution in [2.24, 2.45) is 0 Å². The van der Waals surface area contributed by atoms with E-state index in [0.717, 1.165) is 56.8 Å². The van der Waals surface area contributed by atoms with Crippen molar-refractivity contribution in [3.63, 3.8) is 0 Å². The molecular weight excluding hydrogens is 342 g/mol. The molecule has 2 aliphatic rings. The molecule has 1 aromatic carbocycles. The van der Waals surface area contributed by atoms with E-state index in [4.69, 9.17) is 4.74 Å². The Morgan fingerprint density at radius 2 is 1.96 bits per heavy atom. The first kappa shape index (κ1) is 17.6. The van der Waals surface area contributed by atoms with Gasteiger partial charge in [-0.2, -0.15) is 0 Å². The first-order valence-corrected chi connectivity index (χ1v) is 9.59. The second kappa shape index (κ2) is 7.47. The normalized spacial score (nSPS) is 16.3. The molecule has 3 heterocycles. The zero-order valence-corrected chi connectivity index (χ0v) is 15.7. The maximum atomic E-state index is 12.9. The Morgan fingerprint density at radius 1 is 1.15 bits per heavy atom. The van der Waals surface area contributed by atoms with Crippen LogP contribution in [-0.2, 0) is 6.42 Å². The molecule has 0 radical (unpaired) electrons. The lowest BCUT2D eigenvalue weighted by Gasteiger charge is -2.32. The van der Waals surface area contributed by atoms with Gasteiger partial charge in [0.05, 0.1) is 19.3 Å². The number of H-pyrrole nitrogens is 1. The van der Waals surface area contributed by atoms with Crippen LogP contribution in [0.4, 0.5) is 5.69 Å². The first-order chi connectivity index (χ1) is 13.2. The molecule has 4 rings (SSSR count). The minimum atomic E-state index is -0.0171. The van der Waals surface area contributed by atoms with Gasteiger partial charge >= 0.3 is 0 Å². The van der Waals surface area contributed by atoms with Crippen LogP contribution in [0.15, 0.2) is 30.5 Å². The fourth-order valence-electron chi connectivity index (χ4n) is 4.06. The van der Waals surface area contributed by atoms with E-state index < -0.39 is 0 Å². The summed E-state index contributed by atoms with van der Waals surface area (Å²) in [7, 11) is 1.66. The van der Waals surface area contributed by atoms with E-state index in [1.165, 1.54) is 5.56 Å². The van der Waals surface area contributed by atoms with E-state index >= 15 is 0 Å². The van der Waals surface area contributed by atoms with Crippen LogP contribution in [0.1, 0.15) is 45.7 Å². The number of benzene rings is 1. The van der Waals surface area contributed by atoms with E-state index in [2.05, 4.69) is 16.0 Å². The van der Waals surface area contributed by atoms with Crippen LogP contribution in [-0.4, -0.2) is 54.9 Å². The number of fused-ring (bicyclic) bond motifs is 1. The number of ketones is 1. The van der Waals surface area contributed by atoms with E-state index in [9.17, 15) is 9.59 Å². The largest absolute Gasteiger partial charge is 0.495 e. The number of carbonyl (C=O) groups excluding carboxylic acids is 2. The van der Waals surface area contributed by atoms with Gasteiger partial charge in [-0.15, -0.1) is 0 Å². The van der Waals surface area contributed by atoms with Crippen LogP contribution in [0.25, 0.3) is 0 Å². The quantitative estimate of drug-likeness (QED) is 0.826. The van der Waals surface area contributed by atoms with Crippen LogP contribution in [0, 0.1) is 0 Å². The summed E-state index contributed by atoms with van der Waals surface area (Å²) < 4.78 is 5.51. The zero-order chi connectivity index (χ0) is 18.8. The predicted molar refractivity (Wildman–Crippen MR) is 104 cm³/mol. The molecule has 0 aliphatic carbocycles. The van der Waals surface area contributed by atoms with E-state index in [1.54, 1.807) is 19.4 Å². The number of hydrogen-bond donors (Lipinski definition) is 1. The topological polar surface area (TPSA) is 65.6 Å². The van der Waals surface area contributed by atoms with Crippen LogP contribution in [0.3, 0.4) is 0 Å². The van der Waals surface area contributed by atoms with Crippen molar-refractivity contribution in [2.45, 2.75) is 25.7 Å². The summed E-state index contributed by atoms with van der Waals surface area (Å²) in [4.78, 5) is 32.2. The second-order valence-electron chi connectivity index (χ2n) is 7.22. The molecule has 1 fully saturated rings. The van der Waals surface area contributed by atoms with Crippen LogP contribution < -0.4 is 9.64 Å². The number of likely N-dealkylation sites (tertiary alicyclic amines) is 1. The summed E-state index contributed by atoms with van der Waals surface area (Å²) in [5.74, 6) is 0.793. The Kier molecular flexibility index (Phi) is 4.88. The van der Waals surface area contributed by atoms with Crippen molar-refractivity contribution < 1.29 is 14.3 Å². The number of amides is 1. The molecule has 2 aromatic rings. The number of aryl methyl sites for hydroxylation is 1. The molecule has 1 aromatic heterocycles. The predicted octanol–water partition coefficient (Wildman–Crippen LogP) is 2.89. The molecule has 6 nitrogen and oxygen atoms in total. The van der Waals surface area contributed by atoms with Crippen LogP contribution >= 0.6 is 0 Å². The SMILES string of the molecule is COc1cccc2c1N(CC(=O)c1c[nH]c(C(=O)N3CCCC3)c1)CCC2. The molecule has 1 amide bonds. The lowest BCUT2D eigenvalue weighted by atomic mass is 10.0. The van der Waals surface area contributed by atoms with E-state index in [0.29, 0.717) is 11.3 Å². The summed E-state index contributed by atoms with van der Waals surface area (Å²) in [6, 6.07) is 7.71. The number of nitrogens with one attached hydrogen (secondary N) is 1. The second-order valence-corrected chi connectivity index (χ2v) is 7.22. The van der Waals surface area contributed by atoms with Crippen molar-refractivity contribution in [1.82, 2.24) is 9.88 Å². The molecule has 27 heavy (non-hydrogen) atoms. The maximum absolute atomic E-state index is 12.9. The average molecular weight is 367 g/mol. The molecule has 0 bridgehead atoms. The van der Waals surface area contributed by atoms with Crippen molar-refractivity contribution in [2.75, 3.05) is 38.2 Å². The Balaban J connectivity index is 1.50. The highest BCUT2D eigenvalue weighted by atomic mass is 16.5. The molecule has 0 spiro atoms. The Morgan fingerprint density at radius 3 is 2.74 bits per heavy atom. The summed E-state index contributed by atoms with van der Waals surface area (Å²) in [5, 5.41) is 0. The lowest BCUT2D eigenvalue weighted by molar-refractivity contribution is 0.0787. The fraction of sp³-hybridized carbons (Fsp3) is 0.429. The zero-order valence-electron chi connectivity index (χ0n) is 15.7. The number of ether oxygens (including phenoxy) is 1. The fourth-order valence-corrected chi connectivity index (χ4v) is 4.06. The summed E-state index contributed by atoms with van der Waals surface area (Å²) in [5.41, 5.74) is 3.28. The van der Waals surface area contributed by atoms with Gasteiger partial charge in [0.15, 0.2) is 5.78 Å². The van der Waals surface area contributed by atoms with Gasteiger partial charge in [0.2, 0.25) is 0 Å². The third-order valence-electron chi connectivity index (χ3n) is 5.46. The number of aromatic nitrogens is 1. The number of anilines is 1. The third-order valence-corrected chi connectivity index (χ3v) is 5.46. The number of rotatable bonds is 5. The summed E-state index contributed by atoms with van der Waals surface area (Å²) in [6.45, 7) is 2.70. The number of aromatic amines is 1. The highest BCUT2D eigenvalue weighted by Gasteiger charge is 2.25. The molecule has 1 saturated heterocycles. The van der Waals surface area contributed by atoms with Gasteiger partial charge in [-0.3, -0.25) is 9.59 Å². The van der Waals surface area contributed by atoms with Gasteiger partial charge in [0.25, 0.3) is 5.91 Å². The summed E-state index contributed by atoms with van der Waals surface area (Å²) in [6.07, 6.45) is 5.76. The molecule has 1 N–H and O–H groups in total. The van der Waals surface area contributed by atoms with Gasteiger partial charge in [-0.25, -0.2) is 0 Å². The van der Waals surface area contributed by atoms with Crippen molar-refractivity contribution in [1.29, 1.82) is 0 Å². The number of carbonyl (C=O) groups is 2. The molecule has 0 saturated carbocycles. The summed E-state index contributed by atoms with van der Waals surface area (Å²) >= 11 is 0. The molecule has 0 unspecified atom stereocenters. The lowest BCUT2D eigenvalue weighted by Crippen LogP contribution is -2.34. The molecular formula is C21H25N3O3. The number of Topliss-reactive ketones (excluding diaryl/α,β-unsaturated/α-hetero) is 1. The highest BCUT2D eigenvalue weighted by molar-refractivity contribution is 6.02. The smallest absolute Gasteiger partial charge is 0.270 e. The number of para-hydroxylation sites is 1. The number of nitrogens with zero attached hydrogens (tertiary/aromatic N) is 2. The Labute approximate surface area is 159 Å². The molecule has 0 atom stereocenters. The third kappa shape index (κ3) is 3.44. The molecule has 142 valence electrons. The Bertz CT molecular complexity index is 838. The minimum absolute atomic E-state index is 0.00507. The molecule has 6 heteroatoms. The van der Waals surface area contributed by atoms with Crippen LogP contribution in [0.2, 0.25) is 0 Å². The highest BCUT2D eigenvalue weighted by Crippen LogP contribution is 2.36. The average Bonchev–Trinajstić information content (AvgIpc) is 3.39. The number of hydrogen-bond acceptors (Lipinski definition) is 4. The van der Waals surface area contributed by atoms with E-state index in [-0.39, 0.29) is 18.2 Å². The Hall–Kier alpha value is -2.76. The standard InChI is InChI=1S/C21H25N3O3/c1-27-19-8-4-6-15-7-5-11-24(20(15)19)14-18(25)16-12-17(22-13-16)21(26)23-9-2-3-10-23/h4,6,8,12-13,22H,2-3,5,7,9-11,14H2,1H3. The van der Waals surface area contributed by atoms with Gasteiger partial charge in [0, 0.05) is 31.4 Å².